The highest BCUT2D eigenvalue weighted by molar-refractivity contribution is 9.10. The van der Waals surface area contributed by atoms with Crippen LogP contribution in [0.2, 0.25) is 9.36 Å². The second-order valence-electron chi connectivity index (χ2n) is 3.56. The maximum absolute atomic E-state index is 5.91. The molecule has 0 spiro atoms. The van der Waals surface area contributed by atoms with E-state index in [4.69, 9.17) is 33.7 Å². The zero-order valence-electron chi connectivity index (χ0n) is 9.20. The van der Waals surface area contributed by atoms with Gasteiger partial charge in [-0.3, -0.25) is 0 Å². The summed E-state index contributed by atoms with van der Waals surface area (Å²) in [6.07, 6.45) is -0.208. The molecule has 0 aliphatic rings. The fourth-order valence-electron chi connectivity index (χ4n) is 1.45. The van der Waals surface area contributed by atoms with Gasteiger partial charge >= 0.3 is 0 Å². The molecule has 18 heavy (non-hydrogen) atoms. The third kappa shape index (κ3) is 3.39. The summed E-state index contributed by atoms with van der Waals surface area (Å²) in [5.74, 6) is 0.708. The number of halogens is 3. The summed E-state index contributed by atoms with van der Waals surface area (Å²) in [6.45, 7) is 0.381. The Hall–Kier alpha value is -0.260. The van der Waals surface area contributed by atoms with Crippen LogP contribution >= 0.6 is 50.5 Å². The standard InChI is InChI=1S/C12H10BrCl2NOS/c13-8-5-7(14)1-2-9(8)17-10(6-16)11-3-4-12(15)18-11/h1-5,10H,6,16H2. The molecule has 0 aliphatic heterocycles. The van der Waals surface area contributed by atoms with E-state index in [0.717, 1.165) is 13.7 Å². The van der Waals surface area contributed by atoms with Gasteiger partial charge in [0.2, 0.25) is 0 Å². The molecule has 1 heterocycles. The Morgan fingerprint density at radius 1 is 1.28 bits per heavy atom. The number of nitrogens with two attached hydrogens (primary N) is 1. The molecule has 0 bridgehead atoms. The number of thiophene rings is 1. The van der Waals surface area contributed by atoms with Crippen LogP contribution in [-0.2, 0) is 0 Å². The molecular weight excluding hydrogens is 357 g/mol. The SMILES string of the molecule is NCC(Oc1ccc(Cl)cc1Br)c1ccc(Cl)s1. The van der Waals surface area contributed by atoms with Crippen LogP contribution in [0.5, 0.6) is 5.75 Å². The van der Waals surface area contributed by atoms with Crippen molar-refractivity contribution < 1.29 is 4.74 Å². The molecule has 96 valence electrons. The van der Waals surface area contributed by atoms with E-state index in [1.165, 1.54) is 11.3 Å². The lowest BCUT2D eigenvalue weighted by molar-refractivity contribution is 0.216. The summed E-state index contributed by atoms with van der Waals surface area (Å²) in [4.78, 5) is 1.00. The van der Waals surface area contributed by atoms with Gasteiger partial charge in [-0.1, -0.05) is 23.2 Å². The monoisotopic (exact) mass is 365 g/mol. The van der Waals surface area contributed by atoms with E-state index in [2.05, 4.69) is 15.9 Å². The highest BCUT2D eigenvalue weighted by Crippen LogP contribution is 2.34. The smallest absolute Gasteiger partial charge is 0.145 e. The first-order chi connectivity index (χ1) is 8.60. The van der Waals surface area contributed by atoms with Crippen molar-refractivity contribution in [1.82, 2.24) is 0 Å². The van der Waals surface area contributed by atoms with Crippen LogP contribution in [0.25, 0.3) is 0 Å². The third-order valence-corrected chi connectivity index (χ3v) is 4.47. The fourth-order valence-corrected chi connectivity index (χ4v) is 3.33. The molecule has 1 aromatic carbocycles. The molecule has 0 radical (unpaired) electrons. The average Bonchev–Trinajstić information content (AvgIpc) is 2.75. The van der Waals surface area contributed by atoms with Crippen molar-refractivity contribution in [3.05, 3.63) is 49.0 Å². The van der Waals surface area contributed by atoms with Gasteiger partial charge in [-0.2, -0.15) is 0 Å². The number of rotatable bonds is 4. The molecule has 2 aromatic rings. The predicted octanol–water partition coefficient (Wildman–Crippen LogP) is 4.90. The molecule has 1 unspecified atom stereocenters. The molecule has 0 amide bonds. The Bertz CT molecular complexity index is 547. The maximum atomic E-state index is 5.91. The normalized spacial score (nSPS) is 12.4. The fraction of sp³-hybridized carbons (Fsp3) is 0.167. The summed E-state index contributed by atoms with van der Waals surface area (Å²) >= 11 is 16.7. The lowest BCUT2D eigenvalue weighted by atomic mass is 10.3. The Morgan fingerprint density at radius 2 is 2.06 bits per heavy atom. The van der Waals surface area contributed by atoms with Crippen LogP contribution in [0.1, 0.15) is 11.0 Å². The Morgan fingerprint density at radius 3 is 2.61 bits per heavy atom. The minimum Gasteiger partial charge on any atom is -0.482 e. The largest absolute Gasteiger partial charge is 0.482 e. The maximum Gasteiger partial charge on any atom is 0.145 e. The van der Waals surface area contributed by atoms with Crippen molar-refractivity contribution in [2.45, 2.75) is 6.10 Å². The van der Waals surface area contributed by atoms with Gasteiger partial charge in [-0.25, -0.2) is 0 Å². The van der Waals surface area contributed by atoms with Gasteiger partial charge in [0.1, 0.15) is 11.9 Å². The predicted molar refractivity (Wildman–Crippen MR) is 80.9 cm³/mol. The number of ether oxygens (including phenoxy) is 1. The van der Waals surface area contributed by atoms with Crippen molar-refractivity contribution in [1.29, 1.82) is 0 Å². The van der Waals surface area contributed by atoms with Gasteiger partial charge in [0.25, 0.3) is 0 Å². The lowest BCUT2D eigenvalue weighted by Gasteiger charge is -2.17. The van der Waals surface area contributed by atoms with Crippen molar-refractivity contribution in [3.63, 3.8) is 0 Å². The molecule has 2 rings (SSSR count). The minimum atomic E-state index is -0.208. The van der Waals surface area contributed by atoms with E-state index in [1.807, 2.05) is 18.2 Å². The van der Waals surface area contributed by atoms with Crippen LogP contribution in [0.15, 0.2) is 34.8 Å². The number of benzene rings is 1. The van der Waals surface area contributed by atoms with Crippen LogP contribution < -0.4 is 10.5 Å². The first kappa shape index (κ1) is 14.2. The van der Waals surface area contributed by atoms with Gasteiger partial charge in [-0.15, -0.1) is 11.3 Å². The number of hydrogen-bond donors (Lipinski definition) is 1. The van der Waals surface area contributed by atoms with Crippen molar-refractivity contribution >= 4 is 50.5 Å². The van der Waals surface area contributed by atoms with E-state index >= 15 is 0 Å². The van der Waals surface area contributed by atoms with E-state index < -0.39 is 0 Å². The Kier molecular flexibility index (Phi) is 4.92. The Balaban J connectivity index is 2.20. The molecule has 1 aromatic heterocycles. The second-order valence-corrected chi connectivity index (χ2v) is 6.60. The molecule has 0 aliphatic carbocycles. The van der Waals surface area contributed by atoms with E-state index in [-0.39, 0.29) is 6.10 Å². The zero-order chi connectivity index (χ0) is 13.1. The number of hydrogen-bond acceptors (Lipinski definition) is 3. The van der Waals surface area contributed by atoms with Crippen molar-refractivity contribution in [2.75, 3.05) is 6.54 Å². The summed E-state index contributed by atoms with van der Waals surface area (Å²) < 4.78 is 7.40. The summed E-state index contributed by atoms with van der Waals surface area (Å²) in [5.41, 5.74) is 5.74. The summed E-state index contributed by atoms with van der Waals surface area (Å²) in [6, 6.07) is 9.13. The van der Waals surface area contributed by atoms with Crippen LogP contribution in [-0.4, -0.2) is 6.54 Å². The zero-order valence-corrected chi connectivity index (χ0v) is 13.1. The van der Waals surface area contributed by atoms with Gasteiger partial charge in [0.05, 0.1) is 8.81 Å². The molecule has 6 heteroatoms. The van der Waals surface area contributed by atoms with Crippen LogP contribution in [0.3, 0.4) is 0 Å². The van der Waals surface area contributed by atoms with E-state index in [1.54, 1.807) is 12.1 Å². The van der Waals surface area contributed by atoms with Gasteiger partial charge in [-0.05, 0) is 46.3 Å². The van der Waals surface area contributed by atoms with Crippen molar-refractivity contribution in [2.24, 2.45) is 5.73 Å². The molecule has 2 nitrogen and oxygen atoms in total. The molecule has 2 N–H and O–H groups in total. The topological polar surface area (TPSA) is 35.2 Å². The Labute approximate surface area is 128 Å². The lowest BCUT2D eigenvalue weighted by Crippen LogP contribution is -2.17. The molecule has 0 fully saturated rings. The third-order valence-electron chi connectivity index (χ3n) is 2.29. The second kappa shape index (κ2) is 6.26. The highest BCUT2D eigenvalue weighted by Gasteiger charge is 2.15. The average molecular weight is 367 g/mol. The van der Waals surface area contributed by atoms with Gasteiger partial charge in [0.15, 0.2) is 0 Å². The van der Waals surface area contributed by atoms with Gasteiger partial charge in [0, 0.05) is 16.4 Å². The van der Waals surface area contributed by atoms with Gasteiger partial charge < -0.3 is 10.5 Å². The first-order valence-corrected chi connectivity index (χ1v) is 7.53. The van der Waals surface area contributed by atoms with E-state index in [0.29, 0.717) is 17.3 Å². The molecule has 1 atom stereocenters. The quantitative estimate of drug-likeness (QED) is 0.835. The molecular formula is C12H10BrCl2NOS. The molecule has 0 saturated carbocycles. The minimum absolute atomic E-state index is 0.208. The summed E-state index contributed by atoms with van der Waals surface area (Å²) in [7, 11) is 0. The molecule has 0 saturated heterocycles. The highest BCUT2D eigenvalue weighted by atomic mass is 79.9. The first-order valence-electron chi connectivity index (χ1n) is 5.17. The van der Waals surface area contributed by atoms with Crippen LogP contribution in [0, 0.1) is 0 Å². The van der Waals surface area contributed by atoms with E-state index in [9.17, 15) is 0 Å². The van der Waals surface area contributed by atoms with Crippen LogP contribution in [0.4, 0.5) is 0 Å². The summed E-state index contributed by atoms with van der Waals surface area (Å²) in [5, 5.41) is 0.651. The van der Waals surface area contributed by atoms with Crippen molar-refractivity contribution in [3.8, 4) is 5.75 Å².